The summed E-state index contributed by atoms with van der Waals surface area (Å²) in [7, 11) is 0. The summed E-state index contributed by atoms with van der Waals surface area (Å²) >= 11 is 17.6. The highest BCUT2D eigenvalue weighted by Gasteiger charge is 2.08. The number of carbonyl (C=O) groups is 1. The number of rotatable bonds is 4. The summed E-state index contributed by atoms with van der Waals surface area (Å²) in [6.45, 7) is 0. The zero-order valence-electron chi connectivity index (χ0n) is 12.6. The molecule has 5 nitrogen and oxygen atoms in total. The van der Waals surface area contributed by atoms with Crippen LogP contribution >= 0.6 is 34.8 Å². The van der Waals surface area contributed by atoms with Crippen LogP contribution in [0, 0.1) is 0 Å². The van der Waals surface area contributed by atoms with Gasteiger partial charge in [0, 0.05) is 21.7 Å². The van der Waals surface area contributed by atoms with Gasteiger partial charge >= 0.3 is 0 Å². The molecule has 0 saturated carbocycles. The van der Waals surface area contributed by atoms with Crippen LogP contribution < -0.4 is 5.43 Å². The van der Waals surface area contributed by atoms with Crippen LogP contribution in [0.1, 0.15) is 15.9 Å². The van der Waals surface area contributed by atoms with Crippen LogP contribution in [0.15, 0.2) is 53.8 Å². The second-order valence-electron chi connectivity index (χ2n) is 5.04. The first-order valence-corrected chi connectivity index (χ1v) is 8.26. The third kappa shape index (κ3) is 4.20. The number of carbonyl (C=O) groups excluding carboxylic acids is 1. The van der Waals surface area contributed by atoms with Gasteiger partial charge in [-0.2, -0.15) is 10.2 Å². The first-order chi connectivity index (χ1) is 12.0. The third-order valence-corrected chi connectivity index (χ3v) is 4.34. The Balaban J connectivity index is 1.73. The van der Waals surface area contributed by atoms with Crippen molar-refractivity contribution >= 4 is 46.9 Å². The number of hydrazone groups is 1. The summed E-state index contributed by atoms with van der Waals surface area (Å²) in [6, 6.07) is 11.9. The van der Waals surface area contributed by atoms with Crippen LogP contribution in [0.2, 0.25) is 15.1 Å². The molecule has 0 atom stereocenters. The molecule has 8 heteroatoms. The van der Waals surface area contributed by atoms with Gasteiger partial charge in [-0.25, -0.2) is 5.43 Å². The van der Waals surface area contributed by atoms with E-state index < -0.39 is 5.91 Å². The van der Waals surface area contributed by atoms with Crippen molar-refractivity contribution in [2.24, 2.45) is 5.10 Å². The minimum atomic E-state index is -0.397. The lowest BCUT2D eigenvalue weighted by molar-refractivity contribution is 0.0955. The molecule has 3 rings (SSSR count). The van der Waals surface area contributed by atoms with Crippen LogP contribution in [0.4, 0.5) is 0 Å². The van der Waals surface area contributed by atoms with Crippen molar-refractivity contribution in [3.8, 4) is 11.3 Å². The Morgan fingerprint density at radius 3 is 2.56 bits per heavy atom. The van der Waals surface area contributed by atoms with E-state index in [2.05, 4.69) is 20.7 Å². The van der Waals surface area contributed by atoms with Crippen molar-refractivity contribution in [2.45, 2.75) is 0 Å². The standard InChI is InChI=1S/C17H11Cl3N4O/c18-13-4-1-10(2-5-13)16-12(8-21-23-16)9-22-24-17(25)11-3-6-14(19)15(20)7-11/h1-9H,(H,21,23)(H,24,25)/b22-9+. The smallest absolute Gasteiger partial charge is 0.271 e. The second-order valence-corrected chi connectivity index (χ2v) is 6.29. The fraction of sp³-hybridized carbons (Fsp3) is 0. The summed E-state index contributed by atoms with van der Waals surface area (Å²) in [5.74, 6) is -0.397. The lowest BCUT2D eigenvalue weighted by Gasteiger charge is -2.02. The SMILES string of the molecule is O=C(N/N=C/c1cn[nH]c1-c1ccc(Cl)cc1)c1ccc(Cl)c(Cl)c1. The number of hydrogen-bond acceptors (Lipinski definition) is 3. The molecule has 1 aromatic heterocycles. The van der Waals surface area contributed by atoms with Crippen LogP contribution in [0.25, 0.3) is 11.3 Å². The fourth-order valence-electron chi connectivity index (χ4n) is 2.10. The number of halogens is 3. The summed E-state index contributed by atoms with van der Waals surface area (Å²) < 4.78 is 0. The van der Waals surface area contributed by atoms with Crippen LogP contribution in [-0.2, 0) is 0 Å². The van der Waals surface area contributed by atoms with Gasteiger partial charge in [0.15, 0.2) is 0 Å². The predicted octanol–water partition coefficient (Wildman–Crippen LogP) is 4.80. The minimum Gasteiger partial charge on any atom is -0.277 e. The maximum absolute atomic E-state index is 12.1. The van der Waals surface area contributed by atoms with Crippen LogP contribution in [0.5, 0.6) is 0 Å². The minimum absolute atomic E-state index is 0.304. The Labute approximate surface area is 158 Å². The predicted molar refractivity (Wildman–Crippen MR) is 101 cm³/mol. The van der Waals surface area contributed by atoms with E-state index >= 15 is 0 Å². The highest BCUT2D eigenvalue weighted by atomic mass is 35.5. The number of H-pyrrole nitrogens is 1. The van der Waals surface area contributed by atoms with Crippen molar-refractivity contribution in [3.05, 3.63) is 74.9 Å². The van der Waals surface area contributed by atoms with E-state index in [1.54, 1.807) is 30.5 Å². The molecule has 0 aliphatic heterocycles. The summed E-state index contributed by atoms with van der Waals surface area (Å²) in [5, 5.41) is 12.2. The lowest BCUT2D eigenvalue weighted by atomic mass is 10.1. The first kappa shape index (κ1) is 17.5. The molecule has 0 saturated heterocycles. The first-order valence-electron chi connectivity index (χ1n) is 7.12. The number of amides is 1. The quantitative estimate of drug-likeness (QED) is 0.494. The third-order valence-electron chi connectivity index (χ3n) is 3.35. The van der Waals surface area contributed by atoms with Crippen molar-refractivity contribution in [1.29, 1.82) is 0 Å². The molecular formula is C17H11Cl3N4O. The molecule has 25 heavy (non-hydrogen) atoms. The maximum atomic E-state index is 12.1. The van der Waals surface area contributed by atoms with Crippen molar-refractivity contribution in [3.63, 3.8) is 0 Å². The van der Waals surface area contributed by atoms with Gasteiger partial charge in [0.25, 0.3) is 5.91 Å². The summed E-state index contributed by atoms with van der Waals surface area (Å²) in [4.78, 5) is 12.1. The topological polar surface area (TPSA) is 70.1 Å². The average molecular weight is 394 g/mol. The Bertz CT molecular complexity index is 935. The summed E-state index contributed by atoms with van der Waals surface area (Å²) in [6.07, 6.45) is 3.11. The van der Waals surface area contributed by atoms with Crippen molar-refractivity contribution in [1.82, 2.24) is 15.6 Å². The van der Waals surface area contributed by atoms with E-state index in [-0.39, 0.29) is 0 Å². The second kappa shape index (κ2) is 7.70. The Kier molecular flexibility index (Phi) is 5.38. The van der Waals surface area contributed by atoms with Gasteiger partial charge in [-0.1, -0.05) is 46.9 Å². The number of nitrogens with zero attached hydrogens (tertiary/aromatic N) is 2. The largest absolute Gasteiger partial charge is 0.277 e. The molecule has 0 aliphatic carbocycles. The molecule has 0 radical (unpaired) electrons. The van der Waals surface area contributed by atoms with E-state index in [0.717, 1.165) is 16.8 Å². The van der Waals surface area contributed by atoms with Gasteiger partial charge in [-0.05, 0) is 30.3 Å². The average Bonchev–Trinajstić information content (AvgIpc) is 3.06. The maximum Gasteiger partial charge on any atom is 0.271 e. The van der Waals surface area contributed by atoms with Crippen molar-refractivity contribution < 1.29 is 4.79 Å². The zero-order valence-corrected chi connectivity index (χ0v) is 14.9. The molecule has 0 fully saturated rings. The van der Waals surface area contributed by atoms with Crippen LogP contribution in [-0.4, -0.2) is 22.3 Å². The highest BCUT2D eigenvalue weighted by molar-refractivity contribution is 6.42. The van der Waals surface area contributed by atoms with E-state index in [4.69, 9.17) is 34.8 Å². The zero-order chi connectivity index (χ0) is 17.8. The van der Waals surface area contributed by atoms with E-state index in [0.29, 0.717) is 20.6 Å². The van der Waals surface area contributed by atoms with E-state index in [1.807, 2.05) is 12.1 Å². The number of aromatic nitrogens is 2. The molecule has 1 heterocycles. The monoisotopic (exact) mass is 392 g/mol. The Hall–Kier alpha value is -2.34. The molecule has 0 spiro atoms. The van der Waals surface area contributed by atoms with Gasteiger partial charge in [0.1, 0.15) is 0 Å². The normalized spacial score (nSPS) is 11.0. The lowest BCUT2D eigenvalue weighted by Crippen LogP contribution is -2.17. The Morgan fingerprint density at radius 2 is 1.84 bits per heavy atom. The van der Waals surface area contributed by atoms with E-state index in [9.17, 15) is 4.79 Å². The molecular weight excluding hydrogens is 383 g/mol. The number of nitrogens with one attached hydrogen (secondary N) is 2. The molecule has 0 unspecified atom stereocenters. The van der Waals surface area contributed by atoms with E-state index in [1.165, 1.54) is 12.3 Å². The molecule has 2 N–H and O–H groups in total. The molecule has 0 aliphatic rings. The Morgan fingerprint density at radius 1 is 1.08 bits per heavy atom. The molecule has 126 valence electrons. The molecule has 1 amide bonds. The molecule has 2 aromatic carbocycles. The molecule has 0 bridgehead atoms. The number of aromatic amines is 1. The van der Waals surface area contributed by atoms with Gasteiger partial charge in [-0.3, -0.25) is 9.89 Å². The van der Waals surface area contributed by atoms with Crippen molar-refractivity contribution in [2.75, 3.05) is 0 Å². The molecule has 3 aromatic rings. The number of hydrogen-bond donors (Lipinski definition) is 2. The van der Waals surface area contributed by atoms with Gasteiger partial charge in [-0.15, -0.1) is 0 Å². The fourth-order valence-corrected chi connectivity index (χ4v) is 2.53. The van der Waals surface area contributed by atoms with Gasteiger partial charge < -0.3 is 0 Å². The summed E-state index contributed by atoms with van der Waals surface area (Å²) in [5.41, 5.74) is 5.18. The van der Waals surface area contributed by atoms with Gasteiger partial charge in [0.2, 0.25) is 0 Å². The highest BCUT2D eigenvalue weighted by Crippen LogP contribution is 2.23. The van der Waals surface area contributed by atoms with Crippen LogP contribution in [0.3, 0.4) is 0 Å². The van der Waals surface area contributed by atoms with Gasteiger partial charge in [0.05, 0.1) is 28.2 Å². The number of benzene rings is 2.